The normalized spacial score (nSPS) is 21.3. The third-order valence-electron chi connectivity index (χ3n) is 3.32. The summed E-state index contributed by atoms with van der Waals surface area (Å²) in [4.78, 5) is 2.58. The molecule has 0 saturated carbocycles. The van der Waals surface area contributed by atoms with Crippen LogP contribution in [0.25, 0.3) is 0 Å². The summed E-state index contributed by atoms with van der Waals surface area (Å²) in [6, 6.07) is 0. The van der Waals surface area contributed by atoms with Crippen LogP contribution in [0.2, 0.25) is 0 Å². The first kappa shape index (κ1) is 14.5. The van der Waals surface area contributed by atoms with Gasteiger partial charge in [-0.05, 0) is 51.2 Å². The summed E-state index contributed by atoms with van der Waals surface area (Å²) in [6.45, 7) is 12.5. The number of nitrogens with one attached hydrogen (secondary N) is 1. The van der Waals surface area contributed by atoms with E-state index in [1.54, 1.807) is 0 Å². The largest absolute Gasteiger partial charge is 0.316 e. The van der Waals surface area contributed by atoms with E-state index in [1.165, 1.54) is 32.5 Å². The molecule has 1 fully saturated rings. The molecule has 1 atom stereocenters. The van der Waals surface area contributed by atoms with Gasteiger partial charge in [-0.25, -0.2) is 0 Å². The van der Waals surface area contributed by atoms with Crippen LogP contribution >= 0.6 is 0 Å². The van der Waals surface area contributed by atoms with Crippen molar-refractivity contribution in [2.45, 2.75) is 40.0 Å². The molecule has 1 saturated heterocycles. The summed E-state index contributed by atoms with van der Waals surface area (Å²) in [6.07, 6.45) is 3.78. The SMILES string of the molecule is CC#CCCN1CCCC(CNCC(C)C)C1. The van der Waals surface area contributed by atoms with Crippen molar-refractivity contribution in [3.8, 4) is 11.8 Å². The number of hydrogen-bond donors (Lipinski definition) is 1. The highest BCUT2D eigenvalue weighted by atomic mass is 15.1. The molecule has 1 heterocycles. The summed E-state index contributed by atoms with van der Waals surface area (Å²) in [7, 11) is 0. The van der Waals surface area contributed by atoms with Crippen LogP contribution in [0.4, 0.5) is 0 Å². The first-order valence-electron chi connectivity index (χ1n) is 7.05. The van der Waals surface area contributed by atoms with Crippen LogP contribution in [0.1, 0.15) is 40.0 Å². The highest BCUT2D eigenvalue weighted by Crippen LogP contribution is 2.15. The summed E-state index contributed by atoms with van der Waals surface area (Å²) >= 11 is 0. The van der Waals surface area contributed by atoms with Crippen LogP contribution in [0.3, 0.4) is 0 Å². The Bertz CT molecular complexity index is 249. The molecule has 0 spiro atoms. The molecule has 1 aliphatic rings. The molecular weight excluding hydrogens is 208 g/mol. The van der Waals surface area contributed by atoms with Gasteiger partial charge in [-0.2, -0.15) is 0 Å². The minimum Gasteiger partial charge on any atom is -0.316 e. The third-order valence-corrected chi connectivity index (χ3v) is 3.32. The average Bonchev–Trinajstić information content (AvgIpc) is 2.29. The number of likely N-dealkylation sites (tertiary alicyclic amines) is 1. The van der Waals surface area contributed by atoms with Crippen molar-refractivity contribution in [2.24, 2.45) is 11.8 Å². The Labute approximate surface area is 107 Å². The lowest BCUT2D eigenvalue weighted by Crippen LogP contribution is -2.40. The van der Waals surface area contributed by atoms with Gasteiger partial charge in [-0.1, -0.05) is 13.8 Å². The van der Waals surface area contributed by atoms with Crippen molar-refractivity contribution in [1.29, 1.82) is 0 Å². The van der Waals surface area contributed by atoms with Gasteiger partial charge in [0.1, 0.15) is 0 Å². The molecule has 1 N–H and O–H groups in total. The van der Waals surface area contributed by atoms with E-state index < -0.39 is 0 Å². The summed E-state index contributed by atoms with van der Waals surface area (Å²) in [5.74, 6) is 7.74. The molecule has 98 valence electrons. The van der Waals surface area contributed by atoms with Crippen LogP contribution in [-0.4, -0.2) is 37.6 Å². The Kier molecular flexibility index (Phi) is 7.32. The minimum atomic E-state index is 0.759. The summed E-state index contributed by atoms with van der Waals surface area (Å²) < 4.78 is 0. The Morgan fingerprint density at radius 1 is 1.41 bits per heavy atom. The number of rotatable bonds is 6. The van der Waals surface area contributed by atoms with Gasteiger partial charge in [-0.15, -0.1) is 11.8 Å². The second-order valence-electron chi connectivity index (χ2n) is 5.54. The number of hydrogen-bond acceptors (Lipinski definition) is 2. The van der Waals surface area contributed by atoms with Crippen LogP contribution in [0.15, 0.2) is 0 Å². The van der Waals surface area contributed by atoms with Crippen molar-refractivity contribution < 1.29 is 0 Å². The fourth-order valence-corrected chi connectivity index (χ4v) is 2.44. The van der Waals surface area contributed by atoms with Gasteiger partial charge >= 0.3 is 0 Å². The molecule has 0 aromatic heterocycles. The maximum Gasteiger partial charge on any atom is 0.0216 e. The standard InChI is InChI=1S/C15H28N2/c1-4-5-6-9-17-10-7-8-15(13-17)12-16-11-14(2)3/h14-16H,6-13H2,1-3H3. The fourth-order valence-electron chi connectivity index (χ4n) is 2.44. The van der Waals surface area contributed by atoms with Gasteiger partial charge in [0.2, 0.25) is 0 Å². The van der Waals surface area contributed by atoms with Crippen molar-refractivity contribution in [2.75, 3.05) is 32.7 Å². The molecule has 0 aromatic rings. The smallest absolute Gasteiger partial charge is 0.0216 e. The molecule has 0 radical (unpaired) electrons. The zero-order chi connectivity index (χ0) is 12.5. The zero-order valence-corrected chi connectivity index (χ0v) is 11.8. The van der Waals surface area contributed by atoms with Crippen molar-refractivity contribution in [1.82, 2.24) is 10.2 Å². The van der Waals surface area contributed by atoms with Gasteiger partial charge in [0.15, 0.2) is 0 Å². The lowest BCUT2D eigenvalue weighted by atomic mass is 9.97. The monoisotopic (exact) mass is 236 g/mol. The fraction of sp³-hybridized carbons (Fsp3) is 0.867. The molecule has 2 nitrogen and oxygen atoms in total. The minimum absolute atomic E-state index is 0.759. The van der Waals surface area contributed by atoms with Crippen LogP contribution < -0.4 is 5.32 Å². The van der Waals surface area contributed by atoms with E-state index in [0.29, 0.717) is 0 Å². The molecule has 1 aliphatic heterocycles. The van der Waals surface area contributed by atoms with Gasteiger partial charge in [0.25, 0.3) is 0 Å². The Balaban J connectivity index is 2.16. The molecule has 2 heteroatoms. The van der Waals surface area contributed by atoms with Crippen LogP contribution in [-0.2, 0) is 0 Å². The van der Waals surface area contributed by atoms with Gasteiger partial charge in [0.05, 0.1) is 0 Å². The Morgan fingerprint density at radius 3 is 2.94 bits per heavy atom. The number of nitrogens with zero attached hydrogens (tertiary/aromatic N) is 1. The maximum atomic E-state index is 3.59. The molecular formula is C15H28N2. The van der Waals surface area contributed by atoms with E-state index >= 15 is 0 Å². The zero-order valence-electron chi connectivity index (χ0n) is 11.8. The van der Waals surface area contributed by atoms with Crippen molar-refractivity contribution in [3.05, 3.63) is 0 Å². The van der Waals surface area contributed by atoms with Crippen molar-refractivity contribution >= 4 is 0 Å². The Hall–Kier alpha value is -0.520. The predicted octanol–water partition coefficient (Wildman–Crippen LogP) is 2.36. The van der Waals surface area contributed by atoms with E-state index in [9.17, 15) is 0 Å². The van der Waals surface area contributed by atoms with E-state index in [2.05, 4.69) is 35.9 Å². The van der Waals surface area contributed by atoms with E-state index in [1.807, 2.05) is 6.92 Å². The highest BCUT2D eigenvalue weighted by Gasteiger charge is 2.18. The molecule has 0 aliphatic carbocycles. The quantitative estimate of drug-likeness (QED) is 0.712. The molecule has 0 amide bonds. The molecule has 0 bridgehead atoms. The predicted molar refractivity (Wildman–Crippen MR) is 74.9 cm³/mol. The first-order valence-corrected chi connectivity index (χ1v) is 7.05. The van der Waals surface area contributed by atoms with E-state index in [4.69, 9.17) is 0 Å². The van der Waals surface area contributed by atoms with Gasteiger partial charge in [0, 0.05) is 19.5 Å². The molecule has 1 rings (SSSR count). The maximum absolute atomic E-state index is 3.59. The topological polar surface area (TPSA) is 15.3 Å². The second-order valence-corrected chi connectivity index (χ2v) is 5.54. The highest BCUT2D eigenvalue weighted by molar-refractivity contribution is 4.95. The lowest BCUT2D eigenvalue weighted by molar-refractivity contribution is 0.175. The average molecular weight is 236 g/mol. The summed E-state index contributed by atoms with van der Waals surface area (Å²) in [5, 5.41) is 3.59. The summed E-state index contributed by atoms with van der Waals surface area (Å²) in [5.41, 5.74) is 0. The van der Waals surface area contributed by atoms with E-state index in [-0.39, 0.29) is 0 Å². The lowest BCUT2D eigenvalue weighted by Gasteiger charge is -2.32. The third kappa shape index (κ3) is 6.71. The van der Waals surface area contributed by atoms with E-state index in [0.717, 1.165) is 31.3 Å². The molecule has 1 unspecified atom stereocenters. The van der Waals surface area contributed by atoms with Gasteiger partial charge in [-0.3, -0.25) is 0 Å². The van der Waals surface area contributed by atoms with Gasteiger partial charge < -0.3 is 10.2 Å². The van der Waals surface area contributed by atoms with Crippen LogP contribution in [0.5, 0.6) is 0 Å². The second kappa shape index (κ2) is 8.55. The number of piperidine rings is 1. The first-order chi connectivity index (χ1) is 8.22. The Morgan fingerprint density at radius 2 is 2.24 bits per heavy atom. The van der Waals surface area contributed by atoms with Crippen molar-refractivity contribution in [3.63, 3.8) is 0 Å². The molecule has 0 aromatic carbocycles. The van der Waals surface area contributed by atoms with Crippen LogP contribution in [0, 0.1) is 23.7 Å². The molecule has 17 heavy (non-hydrogen) atoms.